The predicted octanol–water partition coefficient (Wildman–Crippen LogP) is 2.14. The minimum Gasteiger partial charge on any atom is -0.461 e. The number of hydrogen-bond donors (Lipinski definition) is 3. The summed E-state index contributed by atoms with van der Waals surface area (Å²) in [6.45, 7) is 5.46. The van der Waals surface area contributed by atoms with Gasteiger partial charge in [0.2, 0.25) is 11.9 Å². The molecule has 0 fully saturated rings. The summed E-state index contributed by atoms with van der Waals surface area (Å²) < 4.78 is 19.2. The first kappa shape index (κ1) is 14.9. The monoisotopic (exact) mass is 292 g/mol. The molecule has 0 aliphatic carbocycles. The van der Waals surface area contributed by atoms with Crippen LogP contribution in [-0.2, 0) is 0 Å². The first-order valence-electron chi connectivity index (χ1n) is 6.41. The summed E-state index contributed by atoms with van der Waals surface area (Å²) in [6, 6.07) is 4.86. The Bertz CT molecular complexity index is 614. The number of halogens is 1. The third kappa shape index (κ3) is 3.76. The van der Waals surface area contributed by atoms with Crippen LogP contribution in [-0.4, -0.2) is 21.1 Å². The number of anilines is 3. The molecule has 0 atom stereocenters. The van der Waals surface area contributed by atoms with Crippen molar-refractivity contribution in [2.45, 2.75) is 26.9 Å². The minimum atomic E-state index is -0.399. The maximum absolute atomic E-state index is 13.8. The van der Waals surface area contributed by atoms with Crippen molar-refractivity contribution in [3.8, 4) is 6.01 Å². The molecule has 0 bridgehead atoms. The summed E-state index contributed by atoms with van der Waals surface area (Å²) >= 11 is 0. The first-order chi connectivity index (χ1) is 9.99. The average molecular weight is 292 g/mol. The van der Waals surface area contributed by atoms with Gasteiger partial charge in [0.25, 0.3) is 0 Å². The second-order valence-corrected chi connectivity index (χ2v) is 4.63. The summed E-state index contributed by atoms with van der Waals surface area (Å²) in [4.78, 5) is 12.1. The van der Waals surface area contributed by atoms with Crippen molar-refractivity contribution in [3.05, 3.63) is 29.6 Å². The molecule has 0 spiro atoms. The molecular formula is C13H17FN6O. The van der Waals surface area contributed by atoms with Crippen molar-refractivity contribution in [2.24, 2.45) is 5.84 Å². The Morgan fingerprint density at radius 3 is 2.52 bits per heavy atom. The quantitative estimate of drug-likeness (QED) is 0.573. The molecule has 1 aromatic carbocycles. The van der Waals surface area contributed by atoms with Gasteiger partial charge in [-0.25, -0.2) is 10.2 Å². The fraction of sp³-hybridized carbons (Fsp3) is 0.308. The highest BCUT2D eigenvalue weighted by Gasteiger charge is 2.11. The Labute approximate surface area is 121 Å². The largest absolute Gasteiger partial charge is 0.461 e. The summed E-state index contributed by atoms with van der Waals surface area (Å²) in [5, 5.41) is 2.82. The van der Waals surface area contributed by atoms with E-state index in [1.807, 2.05) is 13.8 Å². The van der Waals surface area contributed by atoms with Crippen molar-refractivity contribution in [2.75, 3.05) is 10.7 Å². The van der Waals surface area contributed by atoms with Crippen molar-refractivity contribution < 1.29 is 9.13 Å². The van der Waals surface area contributed by atoms with Gasteiger partial charge in [0.05, 0.1) is 11.8 Å². The van der Waals surface area contributed by atoms with Crippen LogP contribution in [0.4, 0.5) is 22.0 Å². The molecule has 2 rings (SSSR count). The van der Waals surface area contributed by atoms with Gasteiger partial charge in [-0.1, -0.05) is 12.1 Å². The van der Waals surface area contributed by atoms with Crippen LogP contribution in [0.25, 0.3) is 0 Å². The SMILES string of the molecule is Cc1cccc(F)c1Nc1nc(NN)nc(OC(C)C)n1. The van der Waals surface area contributed by atoms with Gasteiger partial charge >= 0.3 is 6.01 Å². The lowest BCUT2D eigenvalue weighted by Crippen LogP contribution is -2.15. The zero-order valence-electron chi connectivity index (χ0n) is 12.0. The second-order valence-electron chi connectivity index (χ2n) is 4.63. The van der Waals surface area contributed by atoms with E-state index in [0.717, 1.165) is 5.56 Å². The first-order valence-corrected chi connectivity index (χ1v) is 6.41. The van der Waals surface area contributed by atoms with Crippen LogP contribution in [0.3, 0.4) is 0 Å². The smallest absolute Gasteiger partial charge is 0.323 e. The molecule has 1 aromatic heterocycles. The van der Waals surface area contributed by atoms with E-state index in [0.29, 0.717) is 5.69 Å². The Kier molecular flexibility index (Phi) is 4.49. The highest BCUT2D eigenvalue weighted by molar-refractivity contribution is 5.59. The van der Waals surface area contributed by atoms with Gasteiger partial charge in [-0.05, 0) is 32.4 Å². The second kappa shape index (κ2) is 6.31. The van der Waals surface area contributed by atoms with Gasteiger partial charge in [-0.15, -0.1) is 0 Å². The van der Waals surface area contributed by atoms with E-state index < -0.39 is 5.82 Å². The third-order valence-corrected chi connectivity index (χ3v) is 2.54. The number of nitrogens with two attached hydrogens (primary N) is 1. The Hall–Kier alpha value is -2.48. The number of benzene rings is 1. The van der Waals surface area contributed by atoms with Gasteiger partial charge in [-0.3, -0.25) is 5.43 Å². The molecule has 0 saturated heterocycles. The molecular weight excluding hydrogens is 275 g/mol. The van der Waals surface area contributed by atoms with Gasteiger partial charge in [-0.2, -0.15) is 15.0 Å². The van der Waals surface area contributed by atoms with E-state index in [1.165, 1.54) is 6.07 Å². The van der Waals surface area contributed by atoms with Crippen molar-refractivity contribution in [1.29, 1.82) is 0 Å². The normalized spacial score (nSPS) is 10.6. The number of para-hydroxylation sites is 1. The molecule has 1 heterocycles. The molecule has 112 valence electrons. The van der Waals surface area contributed by atoms with Crippen LogP contribution in [0, 0.1) is 12.7 Å². The van der Waals surface area contributed by atoms with Gasteiger partial charge in [0.15, 0.2) is 0 Å². The van der Waals surface area contributed by atoms with Gasteiger partial charge in [0, 0.05) is 0 Å². The fourth-order valence-electron chi connectivity index (χ4n) is 1.64. The maximum atomic E-state index is 13.8. The molecule has 0 aliphatic heterocycles. The molecule has 2 aromatic rings. The van der Waals surface area contributed by atoms with E-state index in [2.05, 4.69) is 25.7 Å². The highest BCUT2D eigenvalue weighted by Crippen LogP contribution is 2.23. The van der Waals surface area contributed by atoms with E-state index >= 15 is 0 Å². The van der Waals surface area contributed by atoms with Crippen molar-refractivity contribution in [1.82, 2.24) is 15.0 Å². The van der Waals surface area contributed by atoms with Crippen LogP contribution in [0.1, 0.15) is 19.4 Å². The Morgan fingerprint density at radius 2 is 1.90 bits per heavy atom. The number of hydrogen-bond acceptors (Lipinski definition) is 7. The zero-order valence-corrected chi connectivity index (χ0v) is 12.0. The standard InChI is InChI=1S/C13H17FN6O/c1-7(2)21-13-18-11(17-12(19-13)20-15)16-10-8(3)5-4-6-9(10)14/h4-7H,15H2,1-3H3,(H2,16,17,18,19,20). The Morgan fingerprint density at radius 1 is 1.19 bits per heavy atom. The molecule has 8 heteroatoms. The number of aromatic nitrogens is 3. The van der Waals surface area contributed by atoms with E-state index in [9.17, 15) is 4.39 Å². The number of nitrogen functional groups attached to an aromatic ring is 1. The molecule has 0 unspecified atom stereocenters. The van der Waals surface area contributed by atoms with Crippen LogP contribution >= 0.6 is 0 Å². The fourth-order valence-corrected chi connectivity index (χ4v) is 1.64. The third-order valence-electron chi connectivity index (χ3n) is 2.54. The summed E-state index contributed by atoms with van der Waals surface area (Å²) in [6.07, 6.45) is -0.110. The molecule has 0 aliphatic rings. The zero-order chi connectivity index (χ0) is 15.4. The van der Waals surface area contributed by atoms with Crippen molar-refractivity contribution >= 4 is 17.6 Å². The molecule has 0 saturated carbocycles. The predicted molar refractivity (Wildman–Crippen MR) is 77.8 cm³/mol. The minimum absolute atomic E-state index is 0.101. The van der Waals surface area contributed by atoms with Crippen LogP contribution < -0.4 is 21.3 Å². The lowest BCUT2D eigenvalue weighted by molar-refractivity contribution is 0.222. The lowest BCUT2D eigenvalue weighted by atomic mass is 10.2. The number of rotatable bonds is 5. The molecule has 4 N–H and O–H groups in total. The molecule has 21 heavy (non-hydrogen) atoms. The van der Waals surface area contributed by atoms with Crippen LogP contribution in [0.5, 0.6) is 6.01 Å². The number of nitrogens with one attached hydrogen (secondary N) is 2. The summed E-state index contributed by atoms with van der Waals surface area (Å²) in [5.74, 6) is 5.18. The maximum Gasteiger partial charge on any atom is 0.323 e. The average Bonchev–Trinajstić information content (AvgIpc) is 2.42. The Balaban J connectivity index is 2.35. The van der Waals surface area contributed by atoms with Crippen molar-refractivity contribution in [3.63, 3.8) is 0 Å². The van der Waals surface area contributed by atoms with Gasteiger partial charge < -0.3 is 10.1 Å². The molecule has 7 nitrogen and oxygen atoms in total. The van der Waals surface area contributed by atoms with E-state index in [4.69, 9.17) is 10.6 Å². The topological polar surface area (TPSA) is 98.0 Å². The number of ether oxygens (including phenoxy) is 1. The summed E-state index contributed by atoms with van der Waals surface area (Å²) in [5.41, 5.74) is 3.34. The number of aryl methyl sites for hydroxylation is 1. The van der Waals surface area contributed by atoms with Crippen LogP contribution in [0.15, 0.2) is 18.2 Å². The van der Waals surface area contributed by atoms with Gasteiger partial charge in [0.1, 0.15) is 5.82 Å². The molecule has 0 radical (unpaired) electrons. The molecule has 0 amide bonds. The van der Waals surface area contributed by atoms with E-state index in [1.54, 1.807) is 19.1 Å². The lowest BCUT2D eigenvalue weighted by Gasteiger charge is -2.12. The van der Waals surface area contributed by atoms with Crippen LogP contribution in [0.2, 0.25) is 0 Å². The number of nitrogens with zero attached hydrogens (tertiary/aromatic N) is 3. The number of hydrazine groups is 1. The highest BCUT2D eigenvalue weighted by atomic mass is 19.1. The summed E-state index contributed by atoms with van der Waals surface area (Å²) in [7, 11) is 0. The van der Waals surface area contributed by atoms with E-state index in [-0.39, 0.29) is 24.0 Å².